The lowest BCUT2D eigenvalue weighted by atomic mass is 9.93. The average molecular weight is 268 g/mol. The summed E-state index contributed by atoms with van der Waals surface area (Å²) in [5, 5.41) is 6.95. The highest BCUT2D eigenvalue weighted by Gasteiger charge is 2.26. The van der Waals surface area contributed by atoms with Crippen LogP contribution in [0, 0.1) is 0 Å². The Bertz CT molecular complexity index is 383. The largest absolute Gasteiger partial charge is 0.380 e. The van der Waals surface area contributed by atoms with Gasteiger partial charge in [0.2, 0.25) is 0 Å². The molecule has 4 heteroatoms. The van der Waals surface area contributed by atoms with Crippen molar-refractivity contribution >= 4 is 11.3 Å². The Morgan fingerprint density at radius 3 is 2.83 bits per heavy atom. The molecule has 1 N–H and O–H groups in total. The fraction of sp³-hybridized carbons (Fsp3) is 0.786. The molecule has 0 aliphatic heterocycles. The minimum atomic E-state index is 0.150. The molecule has 0 aromatic carbocycles. The number of rotatable bonds is 4. The van der Waals surface area contributed by atoms with Gasteiger partial charge in [-0.2, -0.15) is 0 Å². The number of nitrogens with zero attached hydrogens (tertiary/aromatic N) is 1. The van der Waals surface area contributed by atoms with Gasteiger partial charge < -0.3 is 10.1 Å². The van der Waals surface area contributed by atoms with E-state index >= 15 is 0 Å². The van der Waals surface area contributed by atoms with Gasteiger partial charge in [0, 0.05) is 30.5 Å². The fourth-order valence-electron chi connectivity index (χ4n) is 2.40. The van der Waals surface area contributed by atoms with E-state index in [-0.39, 0.29) is 5.41 Å². The molecule has 0 bridgehead atoms. The van der Waals surface area contributed by atoms with Gasteiger partial charge in [0.15, 0.2) is 0 Å². The molecule has 2 atom stereocenters. The van der Waals surface area contributed by atoms with Crippen molar-refractivity contribution in [1.82, 2.24) is 10.3 Å². The van der Waals surface area contributed by atoms with E-state index in [0.717, 1.165) is 6.54 Å². The SMILES string of the molecule is COC1CCCC1NCc1nc(C(C)(C)C)cs1. The quantitative estimate of drug-likeness (QED) is 0.911. The van der Waals surface area contributed by atoms with Gasteiger partial charge in [0.05, 0.1) is 11.8 Å². The Labute approximate surface area is 114 Å². The summed E-state index contributed by atoms with van der Waals surface area (Å²) < 4.78 is 5.49. The lowest BCUT2D eigenvalue weighted by molar-refractivity contribution is 0.0847. The Morgan fingerprint density at radius 1 is 1.44 bits per heavy atom. The summed E-state index contributed by atoms with van der Waals surface area (Å²) >= 11 is 1.75. The molecular weight excluding hydrogens is 244 g/mol. The standard InChI is InChI=1S/C14H24N2OS/c1-14(2,3)12-9-18-13(16-12)8-15-10-6-5-7-11(10)17-4/h9-11,15H,5-8H2,1-4H3. The molecule has 1 heterocycles. The van der Waals surface area contributed by atoms with Crippen LogP contribution >= 0.6 is 11.3 Å². The van der Waals surface area contributed by atoms with Gasteiger partial charge >= 0.3 is 0 Å². The third kappa shape index (κ3) is 3.31. The van der Waals surface area contributed by atoms with Gasteiger partial charge in [-0.05, 0) is 19.3 Å². The summed E-state index contributed by atoms with van der Waals surface area (Å²) in [6, 6.07) is 0.497. The minimum absolute atomic E-state index is 0.150. The third-order valence-electron chi connectivity index (χ3n) is 3.59. The summed E-state index contributed by atoms with van der Waals surface area (Å²) in [6.07, 6.45) is 4.04. The average Bonchev–Trinajstić information content (AvgIpc) is 2.94. The van der Waals surface area contributed by atoms with E-state index in [1.54, 1.807) is 11.3 Å². The molecule has 2 unspecified atom stereocenters. The van der Waals surface area contributed by atoms with Crippen molar-refractivity contribution in [2.24, 2.45) is 0 Å². The highest BCUT2D eigenvalue weighted by atomic mass is 32.1. The van der Waals surface area contributed by atoms with Crippen molar-refractivity contribution in [2.45, 2.75) is 64.1 Å². The lowest BCUT2D eigenvalue weighted by Crippen LogP contribution is -2.36. The minimum Gasteiger partial charge on any atom is -0.380 e. The van der Waals surface area contributed by atoms with Crippen molar-refractivity contribution in [3.8, 4) is 0 Å². The maximum absolute atomic E-state index is 5.49. The van der Waals surface area contributed by atoms with Gasteiger partial charge in [0.1, 0.15) is 5.01 Å². The zero-order chi connectivity index (χ0) is 13.2. The van der Waals surface area contributed by atoms with Crippen LogP contribution in [0.15, 0.2) is 5.38 Å². The van der Waals surface area contributed by atoms with Crippen LogP contribution in [0.4, 0.5) is 0 Å². The van der Waals surface area contributed by atoms with Crippen LogP contribution in [0.3, 0.4) is 0 Å². The van der Waals surface area contributed by atoms with Gasteiger partial charge in [0.25, 0.3) is 0 Å². The van der Waals surface area contributed by atoms with Crippen molar-refractivity contribution in [3.63, 3.8) is 0 Å². The Balaban J connectivity index is 1.89. The second-order valence-electron chi connectivity index (χ2n) is 6.07. The van der Waals surface area contributed by atoms with Crippen LogP contribution in [0.5, 0.6) is 0 Å². The second kappa shape index (κ2) is 5.68. The summed E-state index contributed by atoms with van der Waals surface area (Å²) in [5.74, 6) is 0. The van der Waals surface area contributed by atoms with Crippen LogP contribution in [0.2, 0.25) is 0 Å². The molecule has 0 spiro atoms. The van der Waals surface area contributed by atoms with Gasteiger partial charge in [-0.25, -0.2) is 4.98 Å². The third-order valence-corrected chi connectivity index (χ3v) is 4.44. The van der Waals surface area contributed by atoms with Crippen LogP contribution in [-0.2, 0) is 16.7 Å². The molecule has 1 saturated carbocycles. The Morgan fingerprint density at radius 2 is 2.22 bits per heavy atom. The molecule has 1 aromatic rings. The molecule has 0 amide bonds. The molecule has 1 aliphatic carbocycles. The predicted octanol–water partition coefficient (Wildman–Crippen LogP) is 3.10. The second-order valence-corrected chi connectivity index (χ2v) is 7.01. The maximum atomic E-state index is 5.49. The van der Waals surface area contributed by atoms with E-state index in [4.69, 9.17) is 9.72 Å². The van der Waals surface area contributed by atoms with Crippen LogP contribution in [0.1, 0.15) is 50.7 Å². The Kier molecular flexibility index (Phi) is 4.41. The normalized spacial score (nSPS) is 24.7. The number of thiazole rings is 1. The van der Waals surface area contributed by atoms with E-state index in [2.05, 4.69) is 31.5 Å². The van der Waals surface area contributed by atoms with Crippen molar-refractivity contribution in [2.75, 3.05) is 7.11 Å². The number of hydrogen-bond donors (Lipinski definition) is 1. The first kappa shape index (κ1) is 14.0. The first-order chi connectivity index (χ1) is 8.50. The van der Waals surface area contributed by atoms with Crippen LogP contribution in [0.25, 0.3) is 0 Å². The maximum Gasteiger partial charge on any atom is 0.107 e. The van der Waals surface area contributed by atoms with Crippen LogP contribution < -0.4 is 5.32 Å². The molecular formula is C14H24N2OS. The molecule has 18 heavy (non-hydrogen) atoms. The van der Waals surface area contributed by atoms with E-state index in [0.29, 0.717) is 12.1 Å². The highest BCUT2D eigenvalue weighted by molar-refractivity contribution is 7.09. The monoisotopic (exact) mass is 268 g/mol. The first-order valence-corrected chi connectivity index (χ1v) is 7.59. The summed E-state index contributed by atoms with van der Waals surface area (Å²) in [6.45, 7) is 7.48. The molecule has 1 fully saturated rings. The molecule has 0 saturated heterocycles. The van der Waals surface area contributed by atoms with Crippen molar-refractivity contribution < 1.29 is 4.74 Å². The van der Waals surface area contributed by atoms with Gasteiger partial charge in [-0.1, -0.05) is 20.8 Å². The lowest BCUT2D eigenvalue weighted by Gasteiger charge is -2.19. The molecule has 2 rings (SSSR count). The van der Waals surface area contributed by atoms with Crippen LogP contribution in [-0.4, -0.2) is 24.2 Å². The smallest absolute Gasteiger partial charge is 0.107 e. The number of ether oxygens (including phenoxy) is 1. The van der Waals surface area contributed by atoms with Gasteiger partial charge in [-0.15, -0.1) is 11.3 Å². The highest BCUT2D eigenvalue weighted by Crippen LogP contribution is 2.25. The number of methoxy groups -OCH3 is 1. The first-order valence-electron chi connectivity index (χ1n) is 6.72. The zero-order valence-corrected chi connectivity index (χ0v) is 12.6. The van der Waals surface area contributed by atoms with Gasteiger partial charge in [-0.3, -0.25) is 0 Å². The summed E-state index contributed by atoms with van der Waals surface area (Å²) in [4.78, 5) is 4.71. The summed E-state index contributed by atoms with van der Waals surface area (Å²) in [7, 11) is 1.81. The van der Waals surface area contributed by atoms with E-state index in [1.165, 1.54) is 30.0 Å². The Hall–Kier alpha value is -0.450. The molecule has 3 nitrogen and oxygen atoms in total. The number of hydrogen-bond acceptors (Lipinski definition) is 4. The van der Waals surface area contributed by atoms with E-state index in [1.807, 2.05) is 7.11 Å². The zero-order valence-electron chi connectivity index (χ0n) is 11.8. The van der Waals surface area contributed by atoms with E-state index in [9.17, 15) is 0 Å². The molecule has 1 aromatic heterocycles. The summed E-state index contributed by atoms with van der Waals surface area (Å²) in [5.41, 5.74) is 1.34. The molecule has 0 radical (unpaired) electrons. The fourth-order valence-corrected chi connectivity index (χ4v) is 3.37. The topological polar surface area (TPSA) is 34.1 Å². The number of aromatic nitrogens is 1. The number of nitrogens with one attached hydrogen (secondary N) is 1. The van der Waals surface area contributed by atoms with Crippen molar-refractivity contribution in [3.05, 3.63) is 16.1 Å². The van der Waals surface area contributed by atoms with Crippen molar-refractivity contribution in [1.29, 1.82) is 0 Å². The predicted molar refractivity (Wildman–Crippen MR) is 76.1 cm³/mol. The molecule has 102 valence electrons. The van der Waals surface area contributed by atoms with E-state index < -0.39 is 0 Å². The molecule has 1 aliphatic rings.